The van der Waals surface area contributed by atoms with Gasteiger partial charge in [0.15, 0.2) is 0 Å². The molecule has 7 N–H and O–H groups in total. The number of benzene rings is 3. The molecular weight excluding hydrogens is 646 g/mol. The Balaban J connectivity index is 1.74. The molecule has 0 spiro atoms. The molecule has 0 aromatic heterocycles. The first kappa shape index (κ1) is 38.8. The number of aromatic hydroxyl groups is 1. The van der Waals surface area contributed by atoms with E-state index in [9.17, 15) is 27.9 Å². The zero-order valence-electron chi connectivity index (χ0n) is 28.7. The quantitative estimate of drug-likeness (QED) is 0.0614. The third-order valence-corrected chi connectivity index (χ3v) is 9.47. The molecule has 3 aromatic rings. The minimum Gasteiger partial charge on any atom is -0.506 e. The average Bonchev–Trinajstić information content (AvgIpc) is 3.09. The lowest BCUT2D eigenvalue weighted by Crippen LogP contribution is -2.31. The molecule has 14 heteroatoms. The maximum Gasteiger partial charge on any atom is 0.261 e. The van der Waals surface area contributed by atoms with Crippen molar-refractivity contribution < 1.29 is 27.9 Å². The van der Waals surface area contributed by atoms with Crippen molar-refractivity contribution in [1.82, 2.24) is 20.4 Å². The molecule has 0 fully saturated rings. The van der Waals surface area contributed by atoms with Crippen LogP contribution in [0, 0.1) is 0 Å². The van der Waals surface area contributed by atoms with Crippen molar-refractivity contribution in [2.75, 3.05) is 68.1 Å². The van der Waals surface area contributed by atoms with Gasteiger partial charge < -0.3 is 36.6 Å². The van der Waals surface area contributed by atoms with Crippen molar-refractivity contribution in [3.05, 3.63) is 77.4 Å². The number of nitrogens with one attached hydrogen (secondary N) is 4. The second-order valence-corrected chi connectivity index (χ2v) is 13.1. The number of nitrogen functional groups attached to an aromatic ring is 1. The first-order chi connectivity index (χ1) is 23.4. The molecule has 0 heterocycles. The summed E-state index contributed by atoms with van der Waals surface area (Å²) < 4.78 is 28.0. The molecule has 3 amide bonds. The van der Waals surface area contributed by atoms with Gasteiger partial charge in [0, 0.05) is 41.2 Å². The van der Waals surface area contributed by atoms with E-state index in [1.807, 2.05) is 0 Å². The molecule has 0 saturated carbocycles. The molecule has 0 aliphatic heterocycles. The van der Waals surface area contributed by atoms with E-state index >= 15 is 0 Å². The number of phenolic OH excluding ortho intramolecular Hbond substituents is 1. The lowest BCUT2D eigenvalue weighted by atomic mass is 10.1. The maximum atomic E-state index is 13.2. The van der Waals surface area contributed by atoms with Crippen LogP contribution >= 0.6 is 0 Å². The number of anilines is 3. The van der Waals surface area contributed by atoms with Gasteiger partial charge in [-0.3, -0.25) is 19.1 Å². The van der Waals surface area contributed by atoms with Crippen LogP contribution in [0.4, 0.5) is 17.1 Å². The van der Waals surface area contributed by atoms with Crippen LogP contribution in [0.3, 0.4) is 0 Å². The van der Waals surface area contributed by atoms with E-state index in [0.717, 1.165) is 58.2 Å². The summed E-state index contributed by atoms with van der Waals surface area (Å²) in [7, 11) is -4.01. The van der Waals surface area contributed by atoms with Gasteiger partial charge in [-0.15, -0.1) is 0 Å². The van der Waals surface area contributed by atoms with Crippen LogP contribution in [0.5, 0.6) is 5.75 Å². The molecule has 0 saturated heterocycles. The predicted octanol–water partition coefficient (Wildman–Crippen LogP) is 3.95. The first-order valence-corrected chi connectivity index (χ1v) is 18.1. The highest BCUT2D eigenvalue weighted by Crippen LogP contribution is 2.25. The SMILES string of the molecule is CCN(CC)CCCNC(=O)c1cc(NC(=O)c2ccc(NS(=O)(=O)c3ccc(O)c(N)c3)cc2)cc(C(=O)NCCCN(CC)CC)c1. The molecule has 3 aromatic carbocycles. The summed E-state index contributed by atoms with van der Waals surface area (Å²) in [6.45, 7) is 14.6. The van der Waals surface area contributed by atoms with Gasteiger partial charge >= 0.3 is 0 Å². The lowest BCUT2D eigenvalue weighted by molar-refractivity contribution is 0.0949. The molecule has 0 aliphatic carbocycles. The summed E-state index contributed by atoms with van der Waals surface area (Å²) >= 11 is 0. The van der Waals surface area contributed by atoms with E-state index in [1.165, 1.54) is 54.6 Å². The molecule has 0 bridgehead atoms. The molecule has 0 radical (unpaired) electrons. The number of phenols is 1. The molecule has 0 unspecified atom stereocenters. The minimum absolute atomic E-state index is 0.0809. The molecule has 3 rings (SSSR count). The summed E-state index contributed by atoms with van der Waals surface area (Å²) in [4.78, 5) is 43.9. The third-order valence-electron chi connectivity index (χ3n) is 8.09. The second-order valence-electron chi connectivity index (χ2n) is 11.4. The summed E-state index contributed by atoms with van der Waals surface area (Å²) in [5.74, 6) is -1.48. The van der Waals surface area contributed by atoms with Crippen molar-refractivity contribution >= 4 is 44.8 Å². The highest BCUT2D eigenvalue weighted by Gasteiger charge is 2.18. The molecule has 13 nitrogen and oxygen atoms in total. The Morgan fingerprint density at radius 2 is 1.18 bits per heavy atom. The van der Waals surface area contributed by atoms with Gasteiger partial charge in [-0.1, -0.05) is 27.7 Å². The van der Waals surface area contributed by atoms with Crippen LogP contribution in [0.1, 0.15) is 71.6 Å². The number of hydrogen-bond acceptors (Lipinski definition) is 9. The highest BCUT2D eigenvalue weighted by atomic mass is 32.2. The zero-order valence-corrected chi connectivity index (χ0v) is 29.5. The van der Waals surface area contributed by atoms with Crippen LogP contribution in [0.2, 0.25) is 0 Å². The Morgan fingerprint density at radius 3 is 1.65 bits per heavy atom. The van der Waals surface area contributed by atoms with E-state index in [0.29, 0.717) is 13.1 Å². The summed E-state index contributed by atoms with van der Waals surface area (Å²) in [5, 5.41) is 18.2. The number of nitrogens with zero attached hydrogens (tertiary/aromatic N) is 2. The number of hydrogen-bond donors (Lipinski definition) is 6. The zero-order chi connectivity index (χ0) is 36.0. The fourth-order valence-corrected chi connectivity index (χ4v) is 6.16. The van der Waals surface area contributed by atoms with Gasteiger partial charge in [0.25, 0.3) is 27.7 Å². The minimum atomic E-state index is -4.01. The van der Waals surface area contributed by atoms with Crippen LogP contribution < -0.4 is 26.4 Å². The number of carbonyl (C=O) groups is 3. The number of nitrogens with two attached hydrogens (primary N) is 1. The Bertz CT molecular complexity index is 1620. The maximum absolute atomic E-state index is 13.2. The van der Waals surface area contributed by atoms with Crippen molar-refractivity contribution in [2.45, 2.75) is 45.4 Å². The summed E-state index contributed by atoms with van der Waals surface area (Å²) in [6, 6.07) is 13.8. The molecule has 0 atom stereocenters. The first-order valence-electron chi connectivity index (χ1n) is 16.6. The fourth-order valence-electron chi connectivity index (χ4n) is 5.06. The highest BCUT2D eigenvalue weighted by molar-refractivity contribution is 7.92. The van der Waals surface area contributed by atoms with E-state index in [1.54, 1.807) is 0 Å². The second kappa shape index (κ2) is 18.8. The fraction of sp³-hybridized carbons (Fsp3) is 0.400. The normalized spacial score (nSPS) is 11.4. The molecule has 266 valence electrons. The monoisotopic (exact) mass is 695 g/mol. The van der Waals surface area contributed by atoms with E-state index < -0.39 is 15.9 Å². The van der Waals surface area contributed by atoms with Gasteiger partial charge in [0.1, 0.15) is 5.75 Å². The number of carbonyl (C=O) groups excluding carboxylic acids is 3. The van der Waals surface area contributed by atoms with Crippen molar-refractivity contribution in [3.8, 4) is 5.75 Å². The Kier molecular flexibility index (Phi) is 14.9. The van der Waals surface area contributed by atoms with Crippen LogP contribution in [-0.2, 0) is 10.0 Å². The van der Waals surface area contributed by atoms with E-state index in [-0.39, 0.29) is 56.2 Å². The Morgan fingerprint density at radius 1 is 0.673 bits per heavy atom. The summed E-state index contributed by atoms with van der Waals surface area (Å²) in [5.41, 5.74) is 6.68. The molecule has 49 heavy (non-hydrogen) atoms. The van der Waals surface area contributed by atoms with Gasteiger partial charge in [0.05, 0.1) is 10.6 Å². The smallest absolute Gasteiger partial charge is 0.261 e. The van der Waals surface area contributed by atoms with Gasteiger partial charge in [-0.05, 0) is 113 Å². The van der Waals surface area contributed by atoms with Crippen molar-refractivity contribution in [2.24, 2.45) is 0 Å². The Hall–Kier alpha value is -4.66. The molecular formula is C35H49N7O6S. The van der Waals surface area contributed by atoms with Crippen LogP contribution in [-0.4, -0.2) is 93.4 Å². The third kappa shape index (κ3) is 11.8. The van der Waals surface area contributed by atoms with Crippen LogP contribution in [0.25, 0.3) is 0 Å². The number of sulfonamides is 1. The van der Waals surface area contributed by atoms with Crippen LogP contribution in [0.15, 0.2) is 65.6 Å². The van der Waals surface area contributed by atoms with Crippen molar-refractivity contribution in [3.63, 3.8) is 0 Å². The standard InChI is InChI=1S/C35H49N7O6S/c1-5-41(6-2)19-9-17-37-33(44)26-21-27(34(45)38-18-10-20-42(7-3)8-4)23-29(22-26)39-35(46)25-11-13-28(14-12-25)40-49(47,48)30-15-16-32(43)31(36)24-30/h11-16,21-24,40,43H,5-10,17-20,36H2,1-4H3,(H,37,44)(H,38,45)(H,39,46). The van der Waals surface area contributed by atoms with Gasteiger partial charge in [-0.25, -0.2) is 8.42 Å². The predicted molar refractivity (Wildman–Crippen MR) is 194 cm³/mol. The number of rotatable bonds is 19. The average molecular weight is 696 g/mol. The van der Waals surface area contributed by atoms with Gasteiger partial charge in [-0.2, -0.15) is 0 Å². The number of amides is 3. The lowest BCUT2D eigenvalue weighted by Gasteiger charge is -2.18. The van der Waals surface area contributed by atoms with Crippen molar-refractivity contribution in [1.29, 1.82) is 0 Å². The summed E-state index contributed by atoms with van der Waals surface area (Å²) in [6.07, 6.45) is 1.53. The van der Waals surface area contributed by atoms with Gasteiger partial charge in [0.2, 0.25) is 0 Å². The Labute approximate surface area is 289 Å². The van der Waals surface area contributed by atoms with E-state index in [2.05, 4.69) is 58.2 Å². The topological polar surface area (TPSA) is 186 Å². The van der Waals surface area contributed by atoms with E-state index in [4.69, 9.17) is 5.73 Å². The largest absolute Gasteiger partial charge is 0.506 e. The molecule has 0 aliphatic rings.